The number of carbonyl (C=O) groups is 1. The lowest BCUT2D eigenvalue weighted by molar-refractivity contribution is 0.0267. The highest BCUT2D eigenvalue weighted by Gasteiger charge is 2.16. The van der Waals surface area contributed by atoms with Gasteiger partial charge < -0.3 is 4.57 Å². The largest absolute Gasteiger partial charge is 0.332 e. The molecule has 1 N–H and O–H groups in total. The predicted molar refractivity (Wildman–Crippen MR) is 100 cm³/mol. The standard InChI is InChI=1S/C21H24N2O2/c1-16(2)12-13-25-22-21(24)20-14-18-10-6-7-11-19(18)23(20)15-17-8-4-3-5-9-17/h3-11,14,16H,12-13,15H2,1-2H3,(H,22,24). The number of hydroxylamine groups is 1. The van der Waals surface area contributed by atoms with Crippen molar-refractivity contribution in [1.82, 2.24) is 10.0 Å². The Morgan fingerprint density at radius 3 is 2.56 bits per heavy atom. The minimum Gasteiger partial charge on any atom is -0.332 e. The van der Waals surface area contributed by atoms with E-state index in [9.17, 15) is 4.79 Å². The van der Waals surface area contributed by atoms with E-state index in [4.69, 9.17) is 4.84 Å². The van der Waals surface area contributed by atoms with Gasteiger partial charge in [0.05, 0.1) is 6.61 Å². The summed E-state index contributed by atoms with van der Waals surface area (Å²) >= 11 is 0. The summed E-state index contributed by atoms with van der Waals surface area (Å²) in [6.45, 7) is 5.41. The maximum atomic E-state index is 12.6. The molecule has 0 saturated carbocycles. The molecule has 0 saturated heterocycles. The fraction of sp³-hybridized carbons (Fsp3) is 0.286. The van der Waals surface area contributed by atoms with Gasteiger partial charge in [0, 0.05) is 17.4 Å². The number of hydrogen-bond acceptors (Lipinski definition) is 2. The maximum absolute atomic E-state index is 12.6. The molecular formula is C21H24N2O2. The molecule has 4 heteroatoms. The Bertz CT molecular complexity index is 837. The number of fused-ring (bicyclic) bond motifs is 1. The number of amides is 1. The van der Waals surface area contributed by atoms with E-state index in [1.807, 2.05) is 53.1 Å². The molecular weight excluding hydrogens is 312 g/mol. The van der Waals surface area contributed by atoms with Crippen molar-refractivity contribution in [2.75, 3.05) is 6.61 Å². The van der Waals surface area contributed by atoms with E-state index in [-0.39, 0.29) is 5.91 Å². The molecule has 0 atom stereocenters. The summed E-state index contributed by atoms with van der Waals surface area (Å²) in [5.74, 6) is 0.331. The molecule has 1 amide bonds. The number of nitrogens with one attached hydrogen (secondary N) is 1. The predicted octanol–water partition coefficient (Wildman–Crippen LogP) is 4.40. The van der Waals surface area contributed by atoms with Crippen LogP contribution in [-0.2, 0) is 11.4 Å². The summed E-state index contributed by atoms with van der Waals surface area (Å²) in [6, 6.07) is 20.1. The van der Waals surface area contributed by atoms with Gasteiger partial charge in [-0.1, -0.05) is 62.4 Å². The topological polar surface area (TPSA) is 43.3 Å². The molecule has 0 bridgehead atoms. The van der Waals surface area contributed by atoms with E-state index in [1.54, 1.807) is 0 Å². The zero-order chi connectivity index (χ0) is 17.6. The van der Waals surface area contributed by atoms with E-state index >= 15 is 0 Å². The van der Waals surface area contributed by atoms with Crippen LogP contribution in [0.25, 0.3) is 10.9 Å². The molecule has 0 aliphatic carbocycles. The molecule has 25 heavy (non-hydrogen) atoms. The molecule has 3 rings (SSSR count). The van der Waals surface area contributed by atoms with Crippen LogP contribution in [0.15, 0.2) is 60.7 Å². The summed E-state index contributed by atoms with van der Waals surface area (Å²) in [5, 5.41) is 1.05. The number of carbonyl (C=O) groups excluding carboxylic acids is 1. The summed E-state index contributed by atoms with van der Waals surface area (Å²) in [6.07, 6.45) is 0.910. The van der Waals surface area contributed by atoms with Gasteiger partial charge in [0.15, 0.2) is 0 Å². The minimum absolute atomic E-state index is 0.212. The van der Waals surface area contributed by atoms with Crippen LogP contribution >= 0.6 is 0 Å². The fourth-order valence-electron chi connectivity index (χ4n) is 2.80. The van der Waals surface area contributed by atoms with Gasteiger partial charge in [0.1, 0.15) is 5.69 Å². The summed E-state index contributed by atoms with van der Waals surface area (Å²) in [5.41, 5.74) is 5.38. The third-order valence-electron chi connectivity index (χ3n) is 4.19. The molecule has 0 fully saturated rings. The normalized spacial score (nSPS) is 11.2. The van der Waals surface area contributed by atoms with Gasteiger partial charge in [-0.2, -0.15) is 0 Å². The van der Waals surface area contributed by atoms with E-state index in [0.717, 1.165) is 22.9 Å². The number of para-hydroxylation sites is 1. The van der Waals surface area contributed by atoms with Gasteiger partial charge in [0.25, 0.3) is 5.91 Å². The van der Waals surface area contributed by atoms with Crippen LogP contribution in [0.4, 0.5) is 0 Å². The molecule has 0 unspecified atom stereocenters. The number of aromatic nitrogens is 1. The van der Waals surface area contributed by atoms with Crippen LogP contribution in [0.1, 0.15) is 36.3 Å². The van der Waals surface area contributed by atoms with Gasteiger partial charge in [-0.05, 0) is 30.0 Å². The molecule has 4 nitrogen and oxygen atoms in total. The van der Waals surface area contributed by atoms with Crippen molar-refractivity contribution in [2.45, 2.75) is 26.8 Å². The average molecular weight is 336 g/mol. The highest BCUT2D eigenvalue weighted by atomic mass is 16.6. The lowest BCUT2D eigenvalue weighted by Gasteiger charge is -2.12. The van der Waals surface area contributed by atoms with Gasteiger partial charge in [0.2, 0.25) is 0 Å². The Balaban J connectivity index is 1.84. The third kappa shape index (κ3) is 4.28. The van der Waals surface area contributed by atoms with E-state index in [1.165, 1.54) is 0 Å². The maximum Gasteiger partial charge on any atom is 0.291 e. The lowest BCUT2D eigenvalue weighted by atomic mass is 10.1. The van der Waals surface area contributed by atoms with Crippen molar-refractivity contribution < 1.29 is 9.63 Å². The minimum atomic E-state index is -0.212. The number of rotatable bonds is 7. The van der Waals surface area contributed by atoms with Crippen molar-refractivity contribution >= 4 is 16.8 Å². The highest BCUT2D eigenvalue weighted by molar-refractivity contribution is 5.98. The smallest absolute Gasteiger partial charge is 0.291 e. The van der Waals surface area contributed by atoms with Crippen molar-refractivity contribution in [3.8, 4) is 0 Å². The zero-order valence-electron chi connectivity index (χ0n) is 14.7. The first kappa shape index (κ1) is 17.2. The van der Waals surface area contributed by atoms with Crippen molar-refractivity contribution in [3.63, 3.8) is 0 Å². The van der Waals surface area contributed by atoms with E-state index in [0.29, 0.717) is 24.8 Å². The molecule has 0 aliphatic heterocycles. The highest BCUT2D eigenvalue weighted by Crippen LogP contribution is 2.21. The van der Waals surface area contributed by atoms with Crippen LogP contribution in [-0.4, -0.2) is 17.1 Å². The Kier molecular flexibility index (Phi) is 5.51. The number of nitrogens with zero attached hydrogens (tertiary/aromatic N) is 1. The van der Waals surface area contributed by atoms with Crippen LogP contribution in [0, 0.1) is 5.92 Å². The van der Waals surface area contributed by atoms with Crippen LogP contribution in [0.3, 0.4) is 0 Å². The summed E-state index contributed by atoms with van der Waals surface area (Å²) in [7, 11) is 0. The average Bonchev–Trinajstić information content (AvgIpc) is 2.98. The molecule has 1 aromatic heterocycles. The molecule has 2 aromatic carbocycles. The zero-order valence-corrected chi connectivity index (χ0v) is 14.7. The molecule has 0 aliphatic rings. The molecule has 0 spiro atoms. The Hall–Kier alpha value is -2.59. The second-order valence-corrected chi connectivity index (χ2v) is 6.62. The fourth-order valence-corrected chi connectivity index (χ4v) is 2.80. The van der Waals surface area contributed by atoms with E-state index in [2.05, 4.69) is 31.5 Å². The van der Waals surface area contributed by atoms with Gasteiger partial charge in [-0.25, -0.2) is 5.48 Å². The van der Waals surface area contributed by atoms with Gasteiger partial charge in [-0.15, -0.1) is 0 Å². The van der Waals surface area contributed by atoms with Gasteiger partial charge >= 0.3 is 0 Å². The summed E-state index contributed by atoms with van der Waals surface area (Å²) < 4.78 is 2.03. The molecule has 0 radical (unpaired) electrons. The lowest BCUT2D eigenvalue weighted by Crippen LogP contribution is -2.27. The second-order valence-electron chi connectivity index (χ2n) is 6.62. The van der Waals surface area contributed by atoms with E-state index < -0.39 is 0 Å². The Labute approximate surface area is 148 Å². The molecule has 1 heterocycles. The van der Waals surface area contributed by atoms with Gasteiger partial charge in [-0.3, -0.25) is 9.63 Å². The first-order valence-electron chi connectivity index (χ1n) is 8.69. The number of benzene rings is 2. The quantitative estimate of drug-likeness (QED) is 0.513. The van der Waals surface area contributed by atoms with Crippen LogP contribution < -0.4 is 5.48 Å². The third-order valence-corrected chi connectivity index (χ3v) is 4.19. The van der Waals surface area contributed by atoms with Crippen molar-refractivity contribution in [3.05, 3.63) is 71.9 Å². The van der Waals surface area contributed by atoms with Crippen molar-refractivity contribution in [1.29, 1.82) is 0 Å². The van der Waals surface area contributed by atoms with Crippen LogP contribution in [0.5, 0.6) is 0 Å². The first-order valence-corrected chi connectivity index (χ1v) is 8.69. The first-order chi connectivity index (χ1) is 12.1. The monoisotopic (exact) mass is 336 g/mol. The van der Waals surface area contributed by atoms with Crippen molar-refractivity contribution in [2.24, 2.45) is 5.92 Å². The SMILES string of the molecule is CC(C)CCONC(=O)c1cc2ccccc2n1Cc1ccccc1. The molecule has 130 valence electrons. The number of hydrogen-bond donors (Lipinski definition) is 1. The van der Waals surface area contributed by atoms with Crippen LogP contribution in [0.2, 0.25) is 0 Å². The molecule has 3 aromatic rings. The Morgan fingerprint density at radius 1 is 1.08 bits per heavy atom. The summed E-state index contributed by atoms with van der Waals surface area (Å²) in [4.78, 5) is 18.0. The second kappa shape index (κ2) is 7.99. The Morgan fingerprint density at radius 2 is 1.80 bits per heavy atom.